The molecule has 6 aromatic rings. The van der Waals surface area contributed by atoms with Gasteiger partial charge in [-0.3, -0.25) is 0 Å². The molecule has 0 saturated carbocycles. The molecule has 45 heavy (non-hydrogen) atoms. The molecule has 0 spiro atoms. The molecule has 0 nitrogen and oxygen atoms in total. The number of alkyl halides is 1. The molecule has 0 fully saturated rings. The van der Waals surface area contributed by atoms with Crippen LogP contribution in [-0.4, -0.2) is 0 Å². The fourth-order valence-electron chi connectivity index (χ4n) is 8.18. The van der Waals surface area contributed by atoms with Crippen LogP contribution in [0.2, 0.25) is 0 Å². The van der Waals surface area contributed by atoms with Crippen LogP contribution < -0.4 is 21.2 Å². The van der Waals surface area contributed by atoms with E-state index in [-0.39, 0.29) is 14.3 Å². The van der Waals surface area contributed by atoms with E-state index in [9.17, 15) is 0 Å². The summed E-state index contributed by atoms with van der Waals surface area (Å²) >= 11 is -0.416. The van der Waals surface area contributed by atoms with Gasteiger partial charge in [-0.15, -0.1) is 0 Å². The van der Waals surface area contributed by atoms with Crippen molar-refractivity contribution < 1.29 is 21.2 Å². The van der Waals surface area contributed by atoms with Crippen molar-refractivity contribution in [2.24, 2.45) is 0 Å². The molecule has 0 heterocycles. The van der Waals surface area contributed by atoms with Gasteiger partial charge in [-0.25, -0.2) is 0 Å². The van der Waals surface area contributed by atoms with Crippen molar-refractivity contribution >= 4 is 0 Å². The molecule has 0 bridgehead atoms. The van der Waals surface area contributed by atoms with Gasteiger partial charge in [-0.1, -0.05) is 0 Å². The van der Waals surface area contributed by atoms with Gasteiger partial charge >= 0.3 is 280 Å². The number of halogens is 1. The quantitative estimate of drug-likeness (QED) is 0.127. The average Bonchev–Trinajstić information content (AvgIpc) is 3.49. The molecule has 6 aromatic carbocycles. The molecule has 8 rings (SSSR count). The van der Waals surface area contributed by atoms with Crippen LogP contribution in [0.25, 0.3) is 22.3 Å². The molecule has 0 unspecified atom stereocenters. The van der Waals surface area contributed by atoms with Gasteiger partial charge < -0.3 is 0 Å². The van der Waals surface area contributed by atoms with Gasteiger partial charge in [0.05, 0.1) is 0 Å². The van der Waals surface area contributed by atoms with Gasteiger partial charge in [-0.05, 0) is 0 Å². The van der Waals surface area contributed by atoms with E-state index in [2.05, 4.69) is 174 Å². The first kappa shape index (κ1) is 28.5. The van der Waals surface area contributed by atoms with E-state index < -0.39 is 21.2 Å². The number of fused-ring (bicyclic) bond motifs is 6. The fourth-order valence-corrected chi connectivity index (χ4v) is 11.5. The third-order valence-electron chi connectivity index (χ3n) is 10.4. The van der Waals surface area contributed by atoms with Crippen LogP contribution in [0.5, 0.6) is 0 Å². The van der Waals surface area contributed by atoms with Crippen molar-refractivity contribution in [2.45, 2.75) is 48.9 Å². The molecular weight excluding hydrogens is 655 g/mol. The Hall–Kier alpha value is -3.95. The molecule has 0 aromatic heterocycles. The van der Waals surface area contributed by atoms with E-state index >= 15 is 0 Å². The third kappa shape index (κ3) is 4.09. The third-order valence-corrected chi connectivity index (χ3v) is 13.8. The maximum absolute atomic E-state index is 2.55. The number of aryl methyl sites for hydroxylation is 1. The molecular formula is C44H38I-. The zero-order valence-corrected chi connectivity index (χ0v) is 28.8. The minimum atomic E-state index is -0.416. The van der Waals surface area contributed by atoms with Crippen LogP contribution in [0, 0.1) is 10.5 Å². The van der Waals surface area contributed by atoms with E-state index in [1.165, 1.54) is 70.3 Å². The molecule has 0 atom stereocenters. The summed E-state index contributed by atoms with van der Waals surface area (Å²) in [4.78, 5) is 0. The molecule has 0 N–H and O–H groups in total. The predicted octanol–water partition coefficient (Wildman–Crippen LogP) is 7.86. The summed E-state index contributed by atoms with van der Waals surface area (Å²) < 4.78 is 1.57. The number of rotatable bonds is 5. The van der Waals surface area contributed by atoms with Crippen molar-refractivity contribution in [3.05, 3.63) is 188 Å². The van der Waals surface area contributed by atoms with E-state index in [1.807, 2.05) is 0 Å². The van der Waals surface area contributed by atoms with E-state index in [0.717, 1.165) is 0 Å². The second kappa shape index (κ2) is 10.3. The van der Waals surface area contributed by atoms with Crippen LogP contribution in [0.4, 0.5) is 0 Å². The summed E-state index contributed by atoms with van der Waals surface area (Å²) in [6.07, 6.45) is 0. The summed E-state index contributed by atoms with van der Waals surface area (Å²) in [5.41, 5.74) is 16.5. The Labute approximate surface area is 278 Å². The Bertz CT molecular complexity index is 2040. The molecule has 1 heteroatoms. The topological polar surface area (TPSA) is 0 Å². The van der Waals surface area contributed by atoms with Crippen molar-refractivity contribution in [3.63, 3.8) is 0 Å². The first-order valence-corrected chi connectivity index (χ1v) is 18.2. The summed E-state index contributed by atoms with van der Waals surface area (Å²) in [6, 6.07) is 52.8. The van der Waals surface area contributed by atoms with Crippen molar-refractivity contribution in [3.8, 4) is 22.3 Å². The number of benzene rings is 6. The van der Waals surface area contributed by atoms with Crippen molar-refractivity contribution in [2.75, 3.05) is 0 Å². The second-order valence-corrected chi connectivity index (χ2v) is 18.0. The Morgan fingerprint density at radius 1 is 0.511 bits per heavy atom. The SMILES string of the molecule is Cc1cccc2c1-c1ccc(C(C)(C)[I-]c3cccc4c3-c3ccccc3C4(c3ccccc3)c3ccccc3)cc1C2(C)C. The monoisotopic (exact) mass is 693 g/mol. The number of hydrogen-bond acceptors (Lipinski definition) is 0. The van der Waals surface area contributed by atoms with Crippen LogP contribution in [0.15, 0.2) is 140 Å². The summed E-state index contributed by atoms with van der Waals surface area (Å²) in [6.45, 7) is 12.0. The van der Waals surface area contributed by atoms with Gasteiger partial charge in [0.15, 0.2) is 0 Å². The zero-order valence-electron chi connectivity index (χ0n) is 26.7. The van der Waals surface area contributed by atoms with Crippen LogP contribution in [0.3, 0.4) is 0 Å². The maximum atomic E-state index is 2.55. The van der Waals surface area contributed by atoms with Crippen molar-refractivity contribution in [1.82, 2.24) is 0 Å². The van der Waals surface area contributed by atoms with Gasteiger partial charge in [0.1, 0.15) is 0 Å². The zero-order chi connectivity index (χ0) is 31.0. The van der Waals surface area contributed by atoms with Gasteiger partial charge in [-0.2, -0.15) is 0 Å². The summed E-state index contributed by atoms with van der Waals surface area (Å²) in [5.74, 6) is 0. The minimum absolute atomic E-state index is 0.000991. The molecule has 222 valence electrons. The summed E-state index contributed by atoms with van der Waals surface area (Å²) in [5, 5.41) is 0. The van der Waals surface area contributed by atoms with Gasteiger partial charge in [0.25, 0.3) is 0 Å². The van der Waals surface area contributed by atoms with E-state index in [1.54, 1.807) is 0 Å². The second-order valence-electron chi connectivity index (χ2n) is 13.6. The van der Waals surface area contributed by atoms with Crippen LogP contribution >= 0.6 is 0 Å². The van der Waals surface area contributed by atoms with Gasteiger partial charge in [0.2, 0.25) is 0 Å². The molecule has 2 aliphatic carbocycles. The molecule has 0 saturated heterocycles. The Morgan fingerprint density at radius 3 is 1.80 bits per heavy atom. The Kier molecular flexibility index (Phi) is 6.52. The van der Waals surface area contributed by atoms with Crippen molar-refractivity contribution in [1.29, 1.82) is 0 Å². The predicted molar refractivity (Wildman–Crippen MR) is 184 cm³/mol. The molecule has 0 amide bonds. The first-order chi connectivity index (χ1) is 21.7. The summed E-state index contributed by atoms with van der Waals surface area (Å²) in [7, 11) is 0. The molecule has 0 aliphatic heterocycles. The standard InChI is InChI=1S/C44H38I/c1-29-16-14-23-36-40(29)34-27-26-32(28-38(34)42(36,2)3)43(4,5)45-39-25-15-24-37-41(39)33-21-12-13-22-35(33)44(37,30-17-8-6-9-18-30)31-19-10-7-11-20-31/h6-28H,1-5H3/q-1. The Balaban J connectivity index is 1.29. The normalized spacial score (nSPS) is 15.3. The fraction of sp³-hybridized carbons (Fsp3) is 0.182. The number of hydrogen-bond donors (Lipinski definition) is 0. The molecule has 0 radical (unpaired) electrons. The van der Waals surface area contributed by atoms with E-state index in [0.29, 0.717) is 0 Å². The van der Waals surface area contributed by atoms with Crippen LogP contribution in [-0.2, 0) is 14.3 Å². The average molecular weight is 694 g/mol. The first-order valence-electron chi connectivity index (χ1n) is 16.0. The van der Waals surface area contributed by atoms with E-state index in [4.69, 9.17) is 0 Å². The Morgan fingerprint density at radius 2 is 1.09 bits per heavy atom. The van der Waals surface area contributed by atoms with Crippen LogP contribution in [0.1, 0.15) is 72.2 Å². The molecule has 2 aliphatic rings. The van der Waals surface area contributed by atoms with Gasteiger partial charge in [0, 0.05) is 0 Å².